The largest absolute Gasteiger partial charge is 0.480 e. The van der Waals surface area contributed by atoms with Gasteiger partial charge in [-0.3, -0.25) is 28.7 Å². The topological polar surface area (TPSA) is 220 Å². The monoisotopic (exact) mass is 871 g/mol. The Morgan fingerprint density at radius 2 is 1.38 bits per heavy atom. The SMILES string of the molecule is CC/C=C\CC(/C=C/C1C2CC(OO2)C1C/C=C\CCCC(=O)OC(COC(=O)CCCCCCC/C=C\CCCCCCCC)COP(=O)(O)OCC(N)C(=O)O)OO. The summed E-state index contributed by atoms with van der Waals surface area (Å²) in [5.41, 5.74) is 5.34. The van der Waals surface area contributed by atoms with E-state index in [9.17, 15) is 29.1 Å². The lowest BCUT2D eigenvalue weighted by atomic mass is 9.89. The molecule has 15 nitrogen and oxygen atoms in total. The van der Waals surface area contributed by atoms with Gasteiger partial charge in [0.1, 0.15) is 24.9 Å². The summed E-state index contributed by atoms with van der Waals surface area (Å²) in [5, 5.41) is 18.2. The van der Waals surface area contributed by atoms with Gasteiger partial charge >= 0.3 is 25.7 Å². The molecule has 344 valence electrons. The van der Waals surface area contributed by atoms with E-state index < -0.39 is 63.8 Å². The summed E-state index contributed by atoms with van der Waals surface area (Å²) in [6.45, 7) is 2.43. The van der Waals surface area contributed by atoms with Crippen molar-refractivity contribution in [3.05, 3.63) is 48.6 Å². The Labute approximate surface area is 357 Å². The lowest BCUT2D eigenvalue weighted by Gasteiger charge is -2.27. The van der Waals surface area contributed by atoms with Crippen LogP contribution in [0.2, 0.25) is 0 Å². The minimum Gasteiger partial charge on any atom is -0.480 e. The maximum atomic E-state index is 12.8. The van der Waals surface area contributed by atoms with Gasteiger partial charge in [0.05, 0.1) is 19.3 Å². The first kappa shape index (κ1) is 53.4. The van der Waals surface area contributed by atoms with Crippen LogP contribution in [0.1, 0.15) is 149 Å². The number of phosphoric acid groups is 1. The maximum Gasteiger partial charge on any atom is 0.472 e. The Morgan fingerprint density at radius 3 is 2.07 bits per heavy atom. The molecule has 2 fully saturated rings. The second kappa shape index (κ2) is 32.9. The lowest BCUT2D eigenvalue weighted by Crippen LogP contribution is -2.34. The number of fused-ring (bicyclic) bond motifs is 2. The average molecular weight is 872 g/mol. The van der Waals surface area contributed by atoms with Crippen molar-refractivity contribution in [2.75, 3.05) is 19.8 Å². The first-order chi connectivity index (χ1) is 29.0. The number of ether oxygens (including phenoxy) is 2. The van der Waals surface area contributed by atoms with E-state index in [4.69, 9.17) is 34.6 Å². The third kappa shape index (κ3) is 24.7. The van der Waals surface area contributed by atoms with E-state index in [-0.39, 0.29) is 36.9 Å². The number of phosphoric ester groups is 1. The van der Waals surface area contributed by atoms with E-state index in [1.165, 1.54) is 38.5 Å². The molecule has 8 unspecified atom stereocenters. The standard InChI is InChI=1S/C44H74NO14P/c1-3-5-7-8-9-10-11-12-13-14-15-16-17-18-23-27-42(46)53-32-36(33-54-60(51,52)55-34-39(45)44(48)49)56-43(47)28-24-20-19-22-26-37-38(41-31-40(37)58-59-41)30-29-35(57-50)25-21-6-4-2/h6,12-13,19,21-22,29-30,35-41,50H,3-5,7-11,14-18,20,23-28,31-34,45H2,1-2H3,(H,48,49)(H,51,52)/b13-12-,21-6-,22-19-,30-29+. The maximum absolute atomic E-state index is 12.8. The van der Waals surface area contributed by atoms with E-state index in [1.54, 1.807) is 0 Å². The molecule has 0 spiro atoms. The second-order valence-corrected chi connectivity index (χ2v) is 17.1. The van der Waals surface area contributed by atoms with Crippen LogP contribution >= 0.6 is 7.82 Å². The molecule has 0 radical (unpaired) electrons. The van der Waals surface area contributed by atoms with Crippen molar-refractivity contribution < 1.29 is 67.4 Å². The number of allylic oxidation sites excluding steroid dienone is 5. The fourth-order valence-electron chi connectivity index (χ4n) is 6.98. The molecule has 0 aromatic rings. The van der Waals surface area contributed by atoms with Gasteiger partial charge in [0.15, 0.2) is 6.10 Å². The molecule has 1 heterocycles. The third-order valence-corrected chi connectivity index (χ3v) is 11.4. The molecule has 2 aliphatic rings. The number of aliphatic carboxylic acids is 1. The van der Waals surface area contributed by atoms with Crippen molar-refractivity contribution in [2.24, 2.45) is 17.6 Å². The van der Waals surface area contributed by atoms with E-state index in [2.05, 4.69) is 28.5 Å². The molecule has 0 aromatic heterocycles. The number of nitrogens with two attached hydrogens (primary N) is 1. The molecule has 1 aliphatic carbocycles. The molecule has 2 bridgehead atoms. The van der Waals surface area contributed by atoms with Gasteiger partial charge in [0, 0.05) is 31.1 Å². The summed E-state index contributed by atoms with van der Waals surface area (Å²) < 4.78 is 32.8. The Hall–Kier alpha value is -2.72. The number of esters is 2. The van der Waals surface area contributed by atoms with Gasteiger partial charge in [0.2, 0.25) is 0 Å². The second-order valence-electron chi connectivity index (χ2n) is 15.6. The van der Waals surface area contributed by atoms with Gasteiger partial charge in [-0.05, 0) is 64.2 Å². The highest BCUT2D eigenvalue weighted by atomic mass is 31.2. The van der Waals surface area contributed by atoms with Crippen LogP contribution in [0.15, 0.2) is 48.6 Å². The highest BCUT2D eigenvalue weighted by Gasteiger charge is 2.49. The minimum atomic E-state index is -4.78. The third-order valence-electron chi connectivity index (χ3n) is 10.5. The Bertz CT molecular complexity index is 1360. The first-order valence-corrected chi connectivity index (χ1v) is 23.7. The van der Waals surface area contributed by atoms with Crippen molar-refractivity contribution in [1.29, 1.82) is 0 Å². The van der Waals surface area contributed by atoms with Crippen LogP contribution in [-0.4, -0.2) is 83.4 Å². The van der Waals surface area contributed by atoms with Gasteiger partial charge in [-0.25, -0.2) is 19.2 Å². The Balaban J connectivity index is 1.75. The van der Waals surface area contributed by atoms with Crippen LogP contribution in [0.5, 0.6) is 0 Å². The summed E-state index contributed by atoms with van der Waals surface area (Å²) in [6.07, 6.45) is 33.6. The number of carboxylic acids is 1. The van der Waals surface area contributed by atoms with Crippen LogP contribution in [0.4, 0.5) is 0 Å². The molecule has 1 aliphatic heterocycles. The minimum absolute atomic E-state index is 0.0237. The fraction of sp³-hybridized carbons (Fsp3) is 0.750. The van der Waals surface area contributed by atoms with Crippen LogP contribution in [0.3, 0.4) is 0 Å². The zero-order valence-electron chi connectivity index (χ0n) is 36.0. The molecule has 0 amide bonds. The van der Waals surface area contributed by atoms with E-state index in [0.29, 0.717) is 25.7 Å². The van der Waals surface area contributed by atoms with Crippen molar-refractivity contribution >= 4 is 25.7 Å². The van der Waals surface area contributed by atoms with Gasteiger partial charge < -0.3 is 25.2 Å². The Morgan fingerprint density at radius 1 is 0.767 bits per heavy atom. The number of carbonyl (C=O) groups excluding carboxylic acids is 2. The first-order valence-electron chi connectivity index (χ1n) is 22.2. The molecule has 16 heteroatoms. The molecule has 5 N–H and O–H groups in total. The predicted octanol–water partition coefficient (Wildman–Crippen LogP) is 9.25. The normalized spacial score (nSPS) is 21.6. The zero-order valence-corrected chi connectivity index (χ0v) is 36.9. The van der Waals surface area contributed by atoms with Crippen LogP contribution in [0.25, 0.3) is 0 Å². The number of rotatable bonds is 37. The van der Waals surface area contributed by atoms with Gasteiger partial charge in [-0.1, -0.05) is 114 Å². The quantitative estimate of drug-likeness (QED) is 0.0114. The number of carboxylic acid groups (broad SMARTS) is 1. The smallest absolute Gasteiger partial charge is 0.472 e. The zero-order chi connectivity index (χ0) is 43.9. The van der Waals surface area contributed by atoms with E-state index >= 15 is 0 Å². The molecule has 8 atom stereocenters. The molecular weight excluding hydrogens is 797 g/mol. The fourth-order valence-corrected chi connectivity index (χ4v) is 7.76. The van der Waals surface area contributed by atoms with Crippen molar-refractivity contribution in [3.8, 4) is 0 Å². The Kier molecular flexibility index (Phi) is 29.3. The van der Waals surface area contributed by atoms with Crippen LogP contribution in [0, 0.1) is 11.8 Å². The summed E-state index contributed by atoms with van der Waals surface area (Å²) in [7, 11) is -4.78. The summed E-state index contributed by atoms with van der Waals surface area (Å²) in [4.78, 5) is 61.9. The number of hydrogen-bond donors (Lipinski definition) is 4. The van der Waals surface area contributed by atoms with Crippen molar-refractivity contribution in [1.82, 2.24) is 0 Å². The van der Waals surface area contributed by atoms with E-state index in [1.807, 2.05) is 43.4 Å². The molecule has 1 saturated heterocycles. The van der Waals surface area contributed by atoms with Gasteiger partial charge in [0.25, 0.3) is 0 Å². The van der Waals surface area contributed by atoms with Crippen LogP contribution < -0.4 is 5.73 Å². The molecule has 2 rings (SSSR count). The van der Waals surface area contributed by atoms with Gasteiger partial charge in [-0.2, -0.15) is 0 Å². The van der Waals surface area contributed by atoms with Crippen LogP contribution in [-0.2, 0) is 52.1 Å². The lowest BCUT2D eigenvalue weighted by molar-refractivity contribution is -0.336. The average Bonchev–Trinajstić information content (AvgIpc) is 3.84. The number of unbranched alkanes of at least 4 members (excludes halogenated alkanes) is 12. The van der Waals surface area contributed by atoms with E-state index in [0.717, 1.165) is 57.8 Å². The predicted molar refractivity (Wildman–Crippen MR) is 227 cm³/mol. The summed E-state index contributed by atoms with van der Waals surface area (Å²) in [6, 6.07) is -1.55. The highest BCUT2D eigenvalue weighted by molar-refractivity contribution is 7.47. The highest BCUT2D eigenvalue weighted by Crippen LogP contribution is 2.45. The van der Waals surface area contributed by atoms with Crippen molar-refractivity contribution in [2.45, 2.75) is 179 Å². The molecule has 1 saturated carbocycles. The molecule has 60 heavy (non-hydrogen) atoms. The molecular formula is C44H74NO14P. The molecule has 0 aromatic carbocycles. The number of carbonyl (C=O) groups is 3. The summed E-state index contributed by atoms with van der Waals surface area (Å²) in [5.74, 6) is -2.27. The van der Waals surface area contributed by atoms with Gasteiger partial charge in [-0.15, -0.1) is 0 Å². The number of hydrogen-bond acceptors (Lipinski definition) is 13. The van der Waals surface area contributed by atoms with Crippen molar-refractivity contribution in [3.63, 3.8) is 0 Å². The summed E-state index contributed by atoms with van der Waals surface area (Å²) >= 11 is 0.